The van der Waals surface area contributed by atoms with Gasteiger partial charge in [0.2, 0.25) is 5.91 Å². The first-order valence-corrected chi connectivity index (χ1v) is 18.2. The minimum absolute atomic E-state index is 0.0800. The number of carbonyl (C=O) groups excluding carboxylic acids is 1. The van der Waals surface area contributed by atoms with Crippen LogP contribution in [0.5, 0.6) is 0 Å². The third-order valence-corrected chi connectivity index (χ3v) is 7.70. The fraction of sp³-hybridized carbons (Fsp3) is 0.675. The minimum Gasteiger partial charge on any atom is -0.394 e. The monoisotopic (exact) mass is 612 g/mol. The molecule has 0 spiro atoms. The lowest BCUT2D eigenvalue weighted by atomic mass is 10.1. The van der Waals surface area contributed by atoms with E-state index >= 15 is 0 Å². The summed E-state index contributed by atoms with van der Waals surface area (Å²) in [5, 5.41) is 22.7. The highest BCUT2D eigenvalue weighted by atomic mass is 16.3. The number of carbonyl (C=O) groups is 1. The van der Waals surface area contributed by atoms with Crippen molar-refractivity contribution >= 4 is 5.91 Å². The van der Waals surface area contributed by atoms with E-state index in [-0.39, 0.29) is 12.5 Å². The van der Waals surface area contributed by atoms with Gasteiger partial charge in [-0.05, 0) is 64.2 Å². The lowest BCUT2D eigenvalue weighted by Crippen LogP contribution is -2.45. The van der Waals surface area contributed by atoms with Crippen molar-refractivity contribution < 1.29 is 15.0 Å². The molecule has 2 unspecified atom stereocenters. The van der Waals surface area contributed by atoms with Gasteiger partial charge in [-0.3, -0.25) is 4.79 Å². The molecule has 3 N–H and O–H groups in total. The zero-order chi connectivity index (χ0) is 32.2. The van der Waals surface area contributed by atoms with Crippen LogP contribution in [0.1, 0.15) is 155 Å². The highest BCUT2D eigenvalue weighted by Gasteiger charge is 2.17. The Morgan fingerprint density at radius 3 is 1.50 bits per heavy atom. The number of allylic oxidation sites excluding steroid dienone is 11. The summed E-state index contributed by atoms with van der Waals surface area (Å²) >= 11 is 0. The number of aliphatic hydroxyl groups excluding tert-OH is 2. The first kappa shape index (κ1) is 41.8. The number of unbranched alkanes of at least 4 members (excludes halogenated alkanes) is 14. The SMILES string of the molecule is CC/C=C\C/C=C\C/C=C\C/C=C\C/C=C\CCCCCCCCCCCC(=O)NC(CO)C(O)/C=C/CCCCCCC. The van der Waals surface area contributed by atoms with E-state index in [1.54, 1.807) is 6.08 Å². The summed E-state index contributed by atoms with van der Waals surface area (Å²) in [4.78, 5) is 12.3. The number of amides is 1. The molecule has 252 valence electrons. The summed E-state index contributed by atoms with van der Waals surface area (Å²) in [5.41, 5.74) is 0. The molecule has 1 amide bonds. The van der Waals surface area contributed by atoms with Crippen LogP contribution in [-0.4, -0.2) is 34.9 Å². The smallest absolute Gasteiger partial charge is 0.220 e. The Balaban J connectivity index is 3.60. The van der Waals surface area contributed by atoms with Gasteiger partial charge in [0.15, 0.2) is 0 Å². The van der Waals surface area contributed by atoms with Crippen LogP contribution < -0.4 is 5.32 Å². The summed E-state index contributed by atoms with van der Waals surface area (Å²) in [5.74, 6) is -0.0800. The Hall–Kier alpha value is -2.17. The fourth-order valence-electron chi connectivity index (χ4n) is 4.91. The van der Waals surface area contributed by atoms with Crippen LogP contribution in [0.15, 0.2) is 72.9 Å². The number of hydrogen-bond acceptors (Lipinski definition) is 3. The van der Waals surface area contributed by atoms with Crippen molar-refractivity contribution in [3.05, 3.63) is 72.9 Å². The van der Waals surface area contributed by atoms with E-state index in [1.807, 2.05) is 6.08 Å². The standard InChI is InChI=1S/C40H69NO3/c1-3-5-7-9-11-12-13-14-15-16-17-18-19-20-21-22-23-24-25-26-27-28-30-32-34-36-40(44)41-38(37-42)39(43)35-33-31-29-10-8-6-4-2/h5,7,11-12,14-15,17-18,20-21,33,35,38-39,42-43H,3-4,6,8-10,13,16,19,22-32,34,36-37H2,1-2H3,(H,41,44)/b7-5-,12-11-,15-14-,18-17-,21-20-,35-33+. The highest BCUT2D eigenvalue weighted by Crippen LogP contribution is 2.12. The van der Waals surface area contributed by atoms with E-state index < -0.39 is 12.1 Å². The number of aliphatic hydroxyl groups is 2. The van der Waals surface area contributed by atoms with E-state index in [4.69, 9.17) is 0 Å². The molecule has 0 aromatic carbocycles. The predicted octanol–water partition coefficient (Wildman–Crippen LogP) is 10.8. The molecule has 0 aliphatic heterocycles. The molecule has 0 aliphatic rings. The number of nitrogens with one attached hydrogen (secondary N) is 1. The van der Waals surface area contributed by atoms with Gasteiger partial charge >= 0.3 is 0 Å². The second kappa shape index (κ2) is 35.3. The van der Waals surface area contributed by atoms with Crippen molar-refractivity contribution in [2.75, 3.05) is 6.61 Å². The quantitative estimate of drug-likeness (QED) is 0.0539. The molecule has 0 heterocycles. The van der Waals surface area contributed by atoms with E-state index in [9.17, 15) is 15.0 Å². The normalized spacial score (nSPS) is 14.0. The van der Waals surface area contributed by atoms with Crippen molar-refractivity contribution in [1.82, 2.24) is 5.32 Å². The minimum atomic E-state index is -0.841. The topological polar surface area (TPSA) is 69.6 Å². The molecular weight excluding hydrogens is 542 g/mol. The number of rotatable bonds is 31. The van der Waals surface area contributed by atoms with Crippen LogP contribution in [0.4, 0.5) is 0 Å². The van der Waals surface area contributed by atoms with Crippen LogP contribution in [0.3, 0.4) is 0 Å². The maximum absolute atomic E-state index is 12.3. The Morgan fingerprint density at radius 2 is 1.00 bits per heavy atom. The van der Waals surface area contributed by atoms with Crippen LogP contribution in [0.2, 0.25) is 0 Å². The van der Waals surface area contributed by atoms with E-state index in [1.165, 1.54) is 77.0 Å². The third-order valence-electron chi connectivity index (χ3n) is 7.70. The van der Waals surface area contributed by atoms with E-state index in [0.717, 1.165) is 57.8 Å². The summed E-state index contributed by atoms with van der Waals surface area (Å²) in [6.45, 7) is 4.11. The zero-order valence-electron chi connectivity index (χ0n) is 28.6. The molecular formula is C40H69NO3. The third kappa shape index (κ3) is 31.3. The van der Waals surface area contributed by atoms with Crippen molar-refractivity contribution in [1.29, 1.82) is 0 Å². The average molecular weight is 612 g/mol. The summed E-state index contributed by atoms with van der Waals surface area (Å²) in [6, 6.07) is -0.625. The first-order valence-electron chi connectivity index (χ1n) is 18.2. The largest absolute Gasteiger partial charge is 0.394 e. The molecule has 0 bridgehead atoms. The van der Waals surface area contributed by atoms with Gasteiger partial charge in [-0.1, -0.05) is 157 Å². The molecule has 44 heavy (non-hydrogen) atoms. The Labute approximate surface area is 272 Å². The molecule has 0 rings (SSSR count). The van der Waals surface area contributed by atoms with Crippen molar-refractivity contribution in [2.45, 2.75) is 167 Å². The van der Waals surface area contributed by atoms with E-state index in [0.29, 0.717) is 6.42 Å². The average Bonchev–Trinajstić information content (AvgIpc) is 3.03. The Morgan fingerprint density at radius 1 is 0.568 bits per heavy atom. The highest BCUT2D eigenvalue weighted by molar-refractivity contribution is 5.76. The van der Waals surface area contributed by atoms with Crippen LogP contribution in [-0.2, 0) is 4.79 Å². The second-order valence-corrected chi connectivity index (χ2v) is 11.9. The molecule has 0 radical (unpaired) electrons. The molecule has 0 aromatic heterocycles. The van der Waals surface area contributed by atoms with Crippen LogP contribution in [0.25, 0.3) is 0 Å². The molecule has 0 saturated heterocycles. The van der Waals surface area contributed by atoms with Crippen LogP contribution >= 0.6 is 0 Å². The molecule has 0 aromatic rings. The number of hydrogen-bond donors (Lipinski definition) is 3. The molecule has 4 nitrogen and oxygen atoms in total. The molecule has 0 fully saturated rings. The van der Waals surface area contributed by atoms with Gasteiger partial charge in [0.05, 0.1) is 18.8 Å². The summed E-state index contributed by atoms with van der Waals surface area (Å²) in [7, 11) is 0. The zero-order valence-corrected chi connectivity index (χ0v) is 28.6. The maximum atomic E-state index is 12.3. The second-order valence-electron chi connectivity index (χ2n) is 11.9. The van der Waals surface area contributed by atoms with Crippen molar-refractivity contribution in [3.63, 3.8) is 0 Å². The van der Waals surface area contributed by atoms with E-state index in [2.05, 4.69) is 79.9 Å². The lowest BCUT2D eigenvalue weighted by molar-refractivity contribution is -0.123. The summed E-state index contributed by atoms with van der Waals surface area (Å²) < 4.78 is 0. The Bertz CT molecular complexity index is 792. The molecule has 0 saturated carbocycles. The van der Waals surface area contributed by atoms with Gasteiger partial charge in [-0.2, -0.15) is 0 Å². The van der Waals surface area contributed by atoms with Gasteiger partial charge < -0.3 is 15.5 Å². The van der Waals surface area contributed by atoms with Gasteiger partial charge in [0.25, 0.3) is 0 Å². The maximum Gasteiger partial charge on any atom is 0.220 e. The fourth-order valence-corrected chi connectivity index (χ4v) is 4.91. The van der Waals surface area contributed by atoms with Crippen molar-refractivity contribution in [3.8, 4) is 0 Å². The summed E-state index contributed by atoms with van der Waals surface area (Å²) in [6.07, 6.45) is 50.0. The molecule has 4 heteroatoms. The lowest BCUT2D eigenvalue weighted by Gasteiger charge is -2.20. The van der Waals surface area contributed by atoms with Gasteiger partial charge in [0.1, 0.15) is 0 Å². The predicted molar refractivity (Wildman–Crippen MR) is 193 cm³/mol. The molecule has 0 aliphatic carbocycles. The van der Waals surface area contributed by atoms with Gasteiger partial charge in [0, 0.05) is 6.42 Å². The van der Waals surface area contributed by atoms with Gasteiger partial charge in [-0.25, -0.2) is 0 Å². The molecule has 2 atom stereocenters. The Kier molecular flexibility index (Phi) is 33.6. The van der Waals surface area contributed by atoms with Crippen LogP contribution in [0, 0.1) is 0 Å². The van der Waals surface area contributed by atoms with Gasteiger partial charge in [-0.15, -0.1) is 0 Å². The first-order chi connectivity index (χ1) is 21.7. The van der Waals surface area contributed by atoms with Crippen molar-refractivity contribution in [2.24, 2.45) is 0 Å².